The molecule has 1 atom stereocenters. The molecular weight excluding hydrogens is 304 g/mol. The van der Waals surface area contributed by atoms with Crippen LogP contribution in [0, 0.1) is 0 Å². The van der Waals surface area contributed by atoms with Crippen LogP contribution in [0.4, 0.5) is 0 Å². The molecule has 0 saturated heterocycles. The van der Waals surface area contributed by atoms with Gasteiger partial charge in [0, 0.05) is 0 Å². The van der Waals surface area contributed by atoms with Gasteiger partial charge in [-0.05, 0) is 42.1 Å². The third kappa shape index (κ3) is 3.18. The van der Waals surface area contributed by atoms with E-state index in [9.17, 15) is 0 Å². The first-order chi connectivity index (χ1) is 11.7. The molecular formula is C23H28Si. The van der Waals surface area contributed by atoms with Crippen molar-refractivity contribution in [2.45, 2.75) is 46.1 Å². The van der Waals surface area contributed by atoms with Gasteiger partial charge in [0.1, 0.15) is 8.07 Å². The van der Waals surface area contributed by atoms with E-state index in [1.807, 2.05) is 0 Å². The molecule has 0 N–H and O–H groups in total. The van der Waals surface area contributed by atoms with Crippen LogP contribution in [0.25, 0.3) is 0 Å². The van der Waals surface area contributed by atoms with Gasteiger partial charge in [-0.15, -0.1) is 0 Å². The zero-order valence-corrected chi connectivity index (χ0v) is 16.2. The van der Waals surface area contributed by atoms with Crippen molar-refractivity contribution in [3.8, 4) is 0 Å². The van der Waals surface area contributed by atoms with Crippen molar-refractivity contribution >= 4 is 18.4 Å². The Balaban J connectivity index is 2.04. The molecule has 1 unspecified atom stereocenters. The van der Waals surface area contributed by atoms with Gasteiger partial charge >= 0.3 is 0 Å². The van der Waals surface area contributed by atoms with E-state index in [4.69, 9.17) is 0 Å². The van der Waals surface area contributed by atoms with Gasteiger partial charge in [-0.1, -0.05) is 97.4 Å². The van der Waals surface area contributed by atoms with Crippen molar-refractivity contribution in [1.29, 1.82) is 0 Å². The van der Waals surface area contributed by atoms with Crippen LogP contribution in [0.1, 0.15) is 38.7 Å². The van der Waals surface area contributed by atoms with E-state index in [0.717, 1.165) is 6.42 Å². The van der Waals surface area contributed by atoms with Gasteiger partial charge in [0.05, 0.1) is 0 Å². The van der Waals surface area contributed by atoms with Gasteiger partial charge < -0.3 is 0 Å². The molecule has 0 heterocycles. The minimum Gasteiger partial charge on any atom is -0.0806 e. The van der Waals surface area contributed by atoms with Crippen molar-refractivity contribution < 1.29 is 0 Å². The van der Waals surface area contributed by atoms with Gasteiger partial charge in [-0.25, -0.2) is 0 Å². The lowest BCUT2D eigenvalue weighted by Gasteiger charge is -2.31. The summed E-state index contributed by atoms with van der Waals surface area (Å²) in [5.74, 6) is 0. The van der Waals surface area contributed by atoms with Crippen molar-refractivity contribution in [1.82, 2.24) is 0 Å². The monoisotopic (exact) mass is 332 g/mol. The van der Waals surface area contributed by atoms with Gasteiger partial charge in [0.25, 0.3) is 0 Å². The van der Waals surface area contributed by atoms with E-state index in [1.54, 1.807) is 5.20 Å². The van der Waals surface area contributed by atoms with Crippen LogP contribution in [0.2, 0.25) is 6.55 Å². The van der Waals surface area contributed by atoms with Gasteiger partial charge in [0.15, 0.2) is 0 Å². The van der Waals surface area contributed by atoms with Crippen LogP contribution in [0.5, 0.6) is 0 Å². The number of hydrogen-bond acceptors (Lipinski definition) is 0. The summed E-state index contributed by atoms with van der Waals surface area (Å²) in [5, 5.41) is 4.71. The third-order valence-corrected chi connectivity index (χ3v) is 10.3. The molecule has 0 spiro atoms. The van der Waals surface area contributed by atoms with Crippen LogP contribution < -0.4 is 10.4 Å². The number of rotatable bonds is 6. The van der Waals surface area contributed by atoms with Crippen LogP contribution in [-0.4, -0.2) is 8.07 Å². The average molecular weight is 333 g/mol. The molecule has 2 aromatic rings. The van der Waals surface area contributed by atoms with E-state index < -0.39 is 8.07 Å². The van der Waals surface area contributed by atoms with Gasteiger partial charge in [0.2, 0.25) is 0 Å². The first kappa shape index (κ1) is 17.0. The molecule has 0 fully saturated rings. The second-order valence-electron chi connectivity index (χ2n) is 7.06. The fourth-order valence-corrected chi connectivity index (χ4v) is 8.01. The van der Waals surface area contributed by atoms with Crippen molar-refractivity contribution in [2.24, 2.45) is 0 Å². The first-order valence-electron chi connectivity index (χ1n) is 9.18. The van der Waals surface area contributed by atoms with E-state index in [0.29, 0.717) is 0 Å². The molecule has 0 nitrogen and oxygen atoms in total. The maximum Gasteiger partial charge on any atom is 0.141 e. The highest BCUT2D eigenvalue weighted by Crippen LogP contribution is 2.28. The van der Waals surface area contributed by atoms with E-state index in [-0.39, 0.29) is 0 Å². The summed E-state index contributed by atoms with van der Waals surface area (Å²) in [6, 6.07) is 20.7. The molecule has 0 saturated carbocycles. The fraction of sp³-hybridized carbons (Fsp3) is 0.304. The standard InChI is InChI=1S/C23H28Si/c1-4-5-11-20-15-17-22(18-16-20)24(3,21-12-7-6-8-13-21)23-14-9-10-19(23)2/h6-10,12-13,15-18H,4-5,11,14H2,1-3H3. The SMILES string of the molecule is CCCCc1ccc([Si](C)(C2=C(C)C=CC2)c2ccccc2)cc1. The Morgan fingerprint density at radius 1 is 0.917 bits per heavy atom. The molecule has 124 valence electrons. The highest BCUT2D eigenvalue weighted by atomic mass is 28.3. The molecule has 1 heteroatoms. The van der Waals surface area contributed by atoms with Crippen LogP contribution >= 0.6 is 0 Å². The summed E-state index contributed by atoms with van der Waals surface area (Å²) in [7, 11) is -1.87. The predicted octanol–water partition coefficient (Wildman–Crippen LogP) is 5.04. The Hall–Kier alpha value is -1.86. The summed E-state index contributed by atoms with van der Waals surface area (Å²) >= 11 is 0. The van der Waals surface area contributed by atoms with Crippen LogP contribution in [0.3, 0.4) is 0 Å². The van der Waals surface area contributed by atoms with Gasteiger partial charge in [-0.2, -0.15) is 0 Å². The molecule has 0 amide bonds. The largest absolute Gasteiger partial charge is 0.141 e. The lowest BCUT2D eigenvalue weighted by Crippen LogP contribution is -2.57. The topological polar surface area (TPSA) is 0 Å². The molecule has 0 aromatic heterocycles. The molecule has 0 aliphatic heterocycles. The smallest absolute Gasteiger partial charge is 0.0806 e. The molecule has 3 rings (SSSR count). The Morgan fingerprint density at radius 3 is 2.17 bits per heavy atom. The quantitative estimate of drug-likeness (QED) is 0.650. The lowest BCUT2D eigenvalue weighted by molar-refractivity contribution is 0.795. The second-order valence-corrected chi connectivity index (χ2v) is 11.1. The summed E-state index contributed by atoms with van der Waals surface area (Å²) in [6.07, 6.45) is 9.48. The number of aryl methyl sites for hydroxylation is 1. The van der Waals surface area contributed by atoms with Gasteiger partial charge in [-0.3, -0.25) is 0 Å². The minimum atomic E-state index is -1.87. The normalized spacial score (nSPS) is 16.5. The molecule has 24 heavy (non-hydrogen) atoms. The zero-order valence-electron chi connectivity index (χ0n) is 15.2. The number of hydrogen-bond donors (Lipinski definition) is 0. The summed E-state index contributed by atoms with van der Waals surface area (Å²) in [5.41, 5.74) is 2.95. The highest BCUT2D eigenvalue weighted by molar-refractivity contribution is 7.06. The van der Waals surface area contributed by atoms with E-state index >= 15 is 0 Å². The zero-order chi connectivity index (χ0) is 17.0. The number of unbranched alkanes of at least 4 members (excludes halogenated alkanes) is 1. The maximum atomic E-state index is 2.52. The summed E-state index contributed by atoms with van der Waals surface area (Å²) in [4.78, 5) is 0. The van der Waals surface area contributed by atoms with Crippen molar-refractivity contribution in [3.05, 3.63) is 83.1 Å². The van der Waals surface area contributed by atoms with Crippen molar-refractivity contribution in [3.63, 3.8) is 0 Å². The second kappa shape index (κ2) is 7.35. The Morgan fingerprint density at radius 2 is 1.58 bits per heavy atom. The van der Waals surface area contributed by atoms with E-state index in [1.165, 1.54) is 40.8 Å². The first-order valence-corrected chi connectivity index (χ1v) is 11.7. The maximum absolute atomic E-state index is 2.52. The van der Waals surface area contributed by atoms with Crippen LogP contribution in [0.15, 0.2) is 77.5 Å². The summed E-state index contributed by atoms with van der Waals surface area (Å²) < 4.78 is 0. The number of benzene rings is 2. The minimum absolute atomic E-state index is 1.11. The highest BCUT2D eigenvalue weighted by Gasteiger charge is 2.37. The van der Waals surface area contributed by atoms with E-state index in [2.05, 4.69) is 87.1 Å². The Kier molecular flexibility index (Phi) is 5.20. The average Bonchev–Trinajstić information content (AvgIpc) is 3.07. The molecule has 1 aliphatic carbocycles. The number of allylic oxidation sites excluding steroid dienone is 4. The molecule has 0 bridgehead atoms. The molecule has 0 radical (unpaired) electrons. The Labute approximate surface area is 147 Å². The molecule has 2 aromatic carbocycles. The molecule has 1 aliphatic rings. The predicted molar refractivity (Wildman–Crippen MR) is 109 cm³/mol. The lowest BCUT2D eigenvalue weighted by atomic mass is 10.1. The fourth-order valence-electron chi connectivity index (χ4n) is 3.89. The van der Waals surface area contributed by atoms with Crippen LogP contribution in [-0.2, 0) is 6.42 Å². The summed E-state index contributed by atoms with van der Waals surface area (Å²) in [6.45, 7) is 7.06. The third-order valence-electron chi connectivity index (χ3n) is 5.47. The Bertz CT molecular complexity index is 737. The van der Waals surface area contributed by atoms with Crippen molar-refractivity contribution in [2.75, 3.05) is 0 Å².